The van der Waals surface area contributed by atoms with E-state index in [1.807, 2.05) is 24.0 Å². The Hall–Kier alpha value is -1.93. The number of piperidine rings is 1. The molecular weight excluding hydrogens is 264 g/mol. The van der Waals surface area contributed by atoms with E-state index in [9.17, 15) is 9.59 Å². The summed E-state index contributed by atoms with van der Waals surface area (Å²) in [5.41, 5.74) is 2.98. The highest BCUT2D eigenvalue weighted by molar-refractivity contribution is 5.81. The predicted molar refractivity (Wildman–Crippen MR) is 80.2 cm³/mol. The highest BCUT2D eigenvalue weighted by Crippen LogP contribution is 2.35. The van der Waals surface area contributed by atoms with Crippen LogP contribution >= 0.6 is 0 Å². The topological polar surface area (TPSA) is 49.7 Å². The first kappa shape index (κ1) is 14.0. The number of isocyanates is 1. The number of amides is 1. The minimum atomic E-state index is 0.323. The molecule has 1 aromatic carbocycles. The van der Waals surface area contributed by atoms with Crippen LogP contribution in [0.2, 0.25) is 0 Å². The van der Waals surface area contributed by atoms with Crippen LogP contribution in [0.1, 0.15) is 42.7 Å². The second-order valence-corrected chi connectivity index (χ2v) is 6.12. The molecule has 1 aromatic rings. The van der Waals surface area contributed by atoms with Gasteiger partial charge >= 0.3 is 0 Å². The average molecular weight is 284 g/mol. The van der Waals surface area contributed by atoms with Gasteiger partial charge in [0.1, 0.15) is 0 Å². The van der Waals surface area contributed by atoms with Gasteiger partial charge in [-0.2, -0.15) is 4.99 Å². The Kier molecular flexibility index (Phi) is 3.89. The molecule has 4 nitrogen and oxygen atoms in total. The van der Waals surface area contributed by atoms with E-state index in [1.165, 1.54) is 5.56 Å². The number of hydrogen-bond donors (Lipinski definition) is 0. The summed E-state index contributed by atoms with van der Waals surface area (Å²) < 4.78 is 0. The van der Waals surface area contributed by atoms with Crippen molar-refractivity contribution >= 4 is 17.7 Å². The summed E-state index contributed by atoms with van der Waals surface area (Å²) in [4.78, 5) is 28.1. The van der Waals surface area contributed by atoms with E-state index in [1.54, 1.807) is 6.08 Å². The van der Waals surface area contributed by atoms with Gasteiger partial charge in [-0.3, -0.25) is 4.79 Å². The third-order valence-electron chi connectivity index (χ3n) is 4.59. The molecule has 0 spiro atoms. The van der Waals surface area contributed by atoms with E-state index < -0.39 is 0 Å². The molecule has 2 aliphatic rings. The lowest BCUT2D eigenvalue weighted by Gasteiger charge is -2.32. The third kappa shape index (κ3) is 3.06. The van der Waals surface area contributed by atoms with Crippen molar-refractivity contribution in [1.82, 2.24) is 4.90 Å². The maximum absolute atomic E-state index is 12.1. The van der Waals surface area contributed by atoms with Gasteiger partial charge < -0.3 is 4.90 Å². The van der Waals surface area contributed by atoms with Gasteiger partial charge in [-0.1, -0.05) is 12.1 Å². The molecule has 1 amide bonds. The number of carbonyl (C=O) groups excluding carboxylic acids is 2. The standard InChI is InChI=1S/C17H20N2O2/c1-12-10-15(4-5-16(12)18-11-20)13-6-8-19(9-7-13)17(21)14-2-3-14/h4-5,10,13-14H,2-3,6-9H2,1H3. The molecule has 3 rings (SSSR count). The molecule has 0 bridgehead atoms. The first-order valence-electron chi connectivity index (χ1n) is 7.66. The van der Waals surface area contributed by atoms with Gasteiger partial charge in [0.25, 0.3) is 0 Å². The fraction of sp³-hybridized carbons (Fsp3) is 0.529. The highest BCUT2D eigenvalue weighted by Gasteiger charge is 2.35. The van der Waals surface area contributed by atoms with Crippen molar-refractivity contribution < 1.29 is 9.59 Å². The van der Waals surface area contributed by atoms with Gasteiger partial charge in [-0.15, -0.1) is 0 Å². The van der Waals surface area contributed by atoms with Crippen molar-refractivity contribution in [1.29, 1.82) is 0 Å². The summed E-state index contributed by atoms with van der Waals surface area (Å²) in [7, 11) is 0. The van der Waals surface area contributed by atoms with Crippen LogP contribution in [-0.4, -0.2) is 30.0 Å². The van der Waals surface area contributed by atoms with Crippen LogP contribution < -0.4 is 0 Å². The van der Waals surface area contributed by atoms with E-state index in [2.05, 4.69) is 11.1 Å². The van der Waals surface area contributed by atoms with Gasteiger partial charge in [0, 0.05) is 19.0 Å². The lowest BCUT2D eigenvalue weighted by atomic mass is 9.88. The van der Waals surface area contributed by atoms with E-state index in [-0.39, 0.29) is 0 Å². The Morgan fingerprint density at radius 1 is 1.24 bits per heavy atom. The summed E-state index contributed by atoms with van der Waals surface area (Å²) >= 11 is 0. The van der Waals surface area contributed by atoms with Crippen LogP contribution in [0.3, 0.4) is 0 Å². The smallest absolute Gasteiger partial charge is 0.240 e. The van der Waals surface area contributed by atoms with Crippen LogP contribution in [-0.2, 0) is 9.59 Å². The number of aliphatic imine (C=N–C) groups is 1. The number of aryl methyl sites for hydroxylation is 1. The number of nitrogens with zero attached hydrogens (tertiary/aromatic N) is 2. The first-order chi connectivity index (χ1) is 10.2. The Labute approximate surface area is 124 Å². The highest BCUT2D eigenvalue weighted by atomic mass is 16.2. The molecule has 1 saturated heterocycles. The quantitative estimate of drug-likeness (QED) is 0.632. The minimum absolute atomic E-state index is 0.323. The Morgan fingerprint density at radius 3 is 2.52 bits per heavy atom. The van der Waals surface area contributed by atoms with Crippen molar-refractivity contribution in [2.24, 2.45) is 10.9 Å². The minimum Gasteiger partial charge on any atom is -0.342 e. The maximum atomic E-state index is 12.1. The zero-order chi connectivity index (χ0) is 14.8. The van der Waals surface area contributed by atoms with Gasteiger partial charge in [-0.05, 0) is 55.7 Å². The molecule has 2 fully saturated rings. The van der Waals surface area contributed by atoms with Crippen molar-refractivity contribution in [2.45, 2.75) is 38.5 Å². The van der Waals surface area contributed by atoms with E-state index in [4.69, 9.17) is 0 Å². The summed E-state index contributed by atoms with van der Waals surface area (Å²) in [6.07, 6.45) is 5.79. The van der Waals surface area contributed by atoms with Crippen molar-refractivity contribution in [3.63, 3.8) is 0 Å². The molecule has 110 valence electrons. The van der Waals surface area contributed by atoms with Crippen molar-refractivity contribution in [3.05, 3.63) is 29.3 Å². The van der Waals surface area contributed by atoms with Gasteiger partial charge in [0.2, 0.25) is 12.0 Å². The first-order valence-corrected chi connectivity index (χ1v) is 7.66. The molecular formula is C17H20N2O2. The van der Waals surface area contributed by atoms with E-state index >= 15 is 0 Å². The number of carbonyl (C=O) groups is 1. The molecule has 0 unspecified atom stereocenters. The fourth-order valence-electron chi connectivity index (χ4n) is 3.13. The average Bonchev–Trinajstić information content (AvgIpc) is 3.34. The maximum Gasteiger partial charge on any atom is 0.240 e. The summed E-state index contributed by atoms with van der Waals surface area (Å²) in [5.74, 6) is 1.19. The molecule has 0 N–H and O–H groups in total. The van der Waals surface area contributed by atoms with E-state index in [0.717, 1.165) is 44.3 Å². The molecule has 1 aliphatic heterocycles. The lowest BCUT2D eigenvalue weighted by Crippen LogP contribution is -2.38. The molecule has 1 saturated carbocycles. The van der Waals surface area contributed by atoms with Crippen LogP contribution in [0.15, 0.2) is 23.2 Å². The second-order valence-electron chi connectivity index (χ2n) is 6.12. The SMILES string of the molecule is Cc1cc(C2CCN(C(=O)C3CC3)CC2)ccc1N=C=O. The number of likely N-dealkylation sites (tertiary alicyclic amines) is 1. The van der Waals surface area contributed by atoms with Gasteiger partial charge in [0.05, 0.1) is 5.69 Å². The molecule has 1 aliphatic carbocycles. The normalized spacial score (nSPS) is 19.2. The molecule has 1 heterocycles. The summed E-state index contributed by atoms with van der Waals surface area (Å²) in [6.45, 7) is 3.70. The monoisotopic (exact) mass is 284 g/mol. The van der Waals surface area contributed by atoms with Crippen LogP contribution in [0.25, 0.3) is 0 Å². The summed E-state index contributed by atoms with van der Waals surface area (Å²) in [5, 5.41) is 0. The van der Waals surface area contributed by atoms with Crippen molar-refractivity contribution in [2.75, 3.05) is 13.1 Å². The lowest BCUT2D eigenvalue weighted by molar-refractivity contribution is -0.133. The zero-order valence-corrected chi connectivity index (χ0v) is 12.3. The molecule has 0 atom stereocenters. The van der Waals surface area contributed by atoms with Crippen LogP contribution in [0, 0.1) is 12.8 Å². The molecule has 4 heteroatoms. The van der Waals surface area contributed by atoms with Crippen LogP contribution in [0.4, 0.5) is 5.69 Å². The van der Waals surface area contributed by atoms with E-state index in [0.29, 0.717) is 23.4 Å². The van der Waals surface area contributed by atoms with Gasteiger partial charge in [0.15, 0.2) is 0 Å². The Balaban J connectivity index is 1.65. The van der Waals surface area contributed by atoms with Crippen molar-refractivity contribution in [3.8, 4) is 0 Å². The predicted octanol–water partition coefficient (Wildman–Crippen LogP) is 3.08. The Bertz CT molecular complexity index is 593. The zero-order valence-electron chi connectivity index (χ0n) is 12.3. The number of hydrogen-bond acceptors (Lipinski definition) is 3. The third-order valence-corrected chi connectivity index (χ3v) is 4.59. The fourth-order valence-corrected chi connectivity index (χ4v) is 3.13. The molecule has 21 heavy (non-hydrogen) atoms. The largest absolute Gasteiger partial charge is 0.342 e. The molecule has 0 radical (unpaired) electrons. The molecule has 0 aromatic heterocycles. The summed E-state index contributed by atoms with van der Waals surface area (Å²) in [6, 6.07) is 6.04. The number of benzene rings is 1. The van der Waals surface area contributed by atoms with Gasteiger partial charge in [-0.25, -0.2) is 4.79 Å². The Morgan fingerprint density at radius 2 is 1.95 bits per heavy atom. The van der Waals surface area contributed by atoms with Crippen LogP contribution in [0.5, 0.6) is 0 Å². The second kappa shape index (κ2) is 5.82. The number of rotatable bonds is 3.